The largest absolute Gasteiger partial charge is 0.497 e. The molecule has 1 aromatic heterocycles. The molecule has 0 spiro atoms. The molecule has 3 rings (SSSR count). The highest BCUT2D eigenvalue weighted by Crippen LogP contribution is 2.18. The predicted molar refractivity (Wildman–Crippen MR) is 98.0 cm³/mol. The molecule has 0 unspecified atom stereocenters. The van der Waals surface area contributed by atoms with Gasteiger partial charge in [-0.15, -0.1) is 0 Å². The highest BCUT2D eigenvalue weighted by atomic mass is 16.5. The van der Waals surface area contributed by atoms with E-state index >= 15 is 0 Å². The number of methoxy groups -OCH3 is 2. The first kappa shape index (κ1) is 18.3. The minimum absolute atomic E-state index is 0.204. The predicted octanol–water partition coefficient (Wildman–Crippen LogP) is 3.20. The van der Waals surface area contributed by atoms with Crippen LogP contribution in [0, 0.1) is 0 Å². The van der Waals surface area contributed by atoms with Crippen molar-refractivity contribution in [3.8, 4) is 17.2 Å². The van der Waals surface area contributed by atoms with Crippen LogP contribution in [-0.4, -0.2) is 25.3 Å². The highest BCUT2D eigenvalue weighted by molar-refractivity contribution is 5.94. The van der Waals surface area contributed by atoms with Crippen LogP contribution >= 0.6 is 0 Å². The fraction of sp³-hybridized carbons (Fsp3) is 0.200. The number of nitrogens with one attached hydrogen (secondary N) is 1. The van der Waals surface area contributed by atoms with E-state index in [1.807, 2.05) is 24.3 Å². The number of nitrogens with zero attached hydrogens (tertiary/aromatic N) is 1. The summed E-state index contributed by atoms with van der Waals surface area (Å²) in [4.78, 5) is 12.1. The molecule has 0 fully saturated rings. The molecule has 0 bridgehead atoms. The minimum atomic E-state index is -0.204. The molecule has 27 heavy (non-hydrogen) atoms. The molecular weight excluding hydrogens is 348 g/mol. The summed E-state index contributed by atoms with van der Waals surface area (Å²) < 4.78 is 21.0. The molecule has 0 atom stereocenters. The van der Waals surface area contributed by atoms with E-state index in [0.29, 0.717) is 28.5 Å². The lowest BCUT2D eigenvalue weighted by Crippen LogP contribution is -2.22. The van der Waals surface area contributed by atoms with Gasteiger partial charge in [0, 0.05) is 11.6 Å². The second kappa shape index (κ2) is 8.75. The van der Waals surface area contributed by atoms with E-state index in [1.165, 1.54) is 0 Å². The molecule has 7 nitrogen and oxygen atoms in total. The lowest BCUT2D eigenvalue weighted by atomic mass is 10.2. The molecule has 140 valence electrons. The van der Waals surface area contributed by atoms with Gasteiger partial charge >= 0.3 is 0 Å². The van der Waals surface area contributed by atoms with Crippen LogP contribution in [0.4, 0.5) is 0 Å². The van der Waals surface area contributed by atoms with Gasteiger partial charge in [-0.25, -0.2) is 0 Å². The Bertz CT molecular complexity index is 872. The van der Waals surface area contributed by atoms with Crippen LogP contribution in [0.3, 0.4) is 0 Å². The summed E-state index contributed by atoms with van der Waals surface area (Å²) in [5, 5.41) is 6.73. The van der Waals surface area contributed by atoms with E-state index in [0.717, 1.165) is 5.75 Å². The monoisotopic (exact) mass is 368 g/mol. The fourth-order valence-corrected chi connectivity index (χ4v) is 2.35. The number of rotatable bonds is 8. The molecular formula is C20H20N2O5. The minimum Gasteiger partial charge on any atom is -0.497 e. The number of carbonyl (C=O) groups is 1. The van der Waals surface area contributed by atoms with Gasteiger partial charge in [0.15, 0.2) is 5.76 Å². The maximum Gasteiger partial charge on any atom is 0.251 e. The second-order valence-electron chi connectivity index (χ2n) is 5.66. The molecule has 2 aromatic carbocycles. The van der Waals surface area contributed by atoms with Gasteiger partial charge in [0.2, 0.25) is 0 Å². The molecule has 0 saturated carbocycles. The van der Waals surface area contributed by atoms with Crippen LogP contribution in [0.25, 0.3) is 0 Å². The SMILES string of the molecule is COc1ccc(OCc2cc(CNC(=O)c3ccc(OC)cc3)on2)cc1. The first-order chi connectivity index (χ1) is 13.2. The Morgan fingerprint density at radius 1 is 0.963 bits per heavy atom. The summed E-state index contributed by atoms with van der Waals surface area (Å²) in [6.07, 6.45) is 0. The van der Waals surface area contributed by atoms with E-state index in [4.69, 9.17) is 18.7 Å². The lowest BCUT2D eigenvalue weighted by molar-refractivity contribution is 0.0947. The first-order valence-electron chi connectivity index (χ1n) is 8.31. The Labute approximate surface area is 156 Å². The molecule has 1 heterocycles. The van der Waals surface area contributed by atoms with Crippen molar-refractivity contribution in [2.75, 3.05) is 14.2 Å². The lowest BCUT2D eigenvalue weighted by Gasteiger charge is -2.04. The van der Waals surface area contributed by atoms with Crippen LogP contribution in [0.1, 0.15) is 21.8 Å². The number of carbonyl (C=O) groups excluding carboxylic acids is 1. The third-order valence-corrected chi connectivity index (χ3v) is 3.83. The Morgan fingerprint density at radius 2 is 1.56 bits per heavy atom. The van der Waals surface area contributed by atoms with Crippen molar-refractivity contribution in [3.05, 3.63) is 71.6 Å². The van der Waals surface area contributed by atoms with Crippen molar-refractivity contribution in [2.45, 2.75) is 13.2 Å². The fourth-order valence-electron chi connectivity index (χ4n) is 2.35. The average molecular weight is 368 g/mol. The molecule has 1 N–H and O–H groups in total. The molecule has 0 aliphatic carbocycles. The molecule has 0 aliphatic heterocycles. The normalized spacial score (nSPS) is 10.3. The van der Waals surface area contributed by atoms with Crippen molar-refractivity contribution in [2.24, 2.45) is 0 Å². The molecule has 0 radical (unpaired) electrons. The van der Waals surface area contributed by atoms with E-state index in [1.54, 1.807) is 44.6 Å². The average Bonchev–Trinajstić information content (AvgIpc) is 3.19. The summed E-state index contributed by atoms with van der Waals surface area (Å²) in [6.45, 7) is 0.503. The van der Waals surface area contributed by atoms with Gasteiger partial charge in [0.05, 0.1) is 20.8 Å². The zero-order valence-corrected chi connectivity index (χ0v) is 15.1. The molecule has 1 amide bonds. The maximum atomic E-state index is 12.1. The second-order valence-corrected chi connectivity index (χ2v) is 5.66. The topological polar surface area (TPSA) is 82.8 Å². The zero-order chi connectivity index (χ0) is 19.1. The smallest absolute Gasteiger partial charge is 0.251 e. The van der Waals surface area contributed by atoms with Gasteiger partial charge in [0.25, 0.3) is 5.91 Å². The van der Waals surface area contributed by atoms with Crippen LogP contribution in [0.15, 0.2) is 59.1 Å². The Balaban J connectivity index is 1.48. The maximum absolute atomic E-state index is 12.1. The van der Waals surface area contributed by atoms with Gasteiger partial charge < -0.3 is 24.1 Å². The van der Waals surface area contributed by atoms with Crippen molar-refractivity contribution in [1.82, 2.24) is 10.5 Å². The Morgan fingerprint density at radius 3 is 2.19 bits per heavy atom. The van der Waals surface area contributed by atoms with Crippen molar-refractivity contribution < 1.29 is 23.5 Å². The van der Waals surface area contributed by atoms with Gasteiger partial charge in [-0.3, -0.25) is 4.79 Å². The third-order valence-electron chi connectivity index (χ3n) is 3.83. The number of hydrogen-bond acceptors (Lipinski definition) is 6. The summed E-state index contributed by atoms with van der Waals surface area (Å²) in [7, 11) is 3.19. The van der Waals surface area contributed by atoms with Gasteiger partial charge in [-0.2, -0.15) is 0 Å². The van der Waals surface area contributed by atoms with Gasteiger partial charge in [-0.1, -0.05) is 5.16 Å². The van der Waals surface area contributed by atoms with Crippen molar-refractivity contribution >= 4 is 5.91 Å². The summed E-state index contributed by atoms with van der Waals surface area (Å²) in [5.74, 6) is 2.50. The van der Waals surface area contributed by atoms with Crippen LogP contribution in [0.2, 0.25) is 0 Å². The van der Waals surface area contributed by atoms with E-state index < -0.39 is 0 Å². The van der Waals surface area contributed by atoms with E-state index in [2.05, 4.69) is 10.5 Å². The number of amides is 1. The number of benzene rings is 2. The molecule has 3 aromatic rings. The standard InChI is InChI=1S/C20H20N2O5/c1-24-16-5-3-14(4-6-16)20(23)21-12-19-11-15(22-27-19)13-26-18-9-7-17(25-2)8-10-18/h3-11H,12-13H2,1-2H3,(H,21,23). The summed E-state index contributed by atoms with van der Waals surface area (Å²) >= 11 is 0. The van der Waals surface area contributed by atoms with E-state index in [9.17, 15) is 4.79 Å². The first-order valence-corrected chi connectivity index (χ1v) is 8.31. The zero-order valence-electron chi connectivity index (χ0n) is 15.1. The summed E-state index contributed by atoms with van der Waals surface area (Å²) in [5.41, 5.74) is 1.18. The van der Waals surface area contributed by atoms with Crippen LogP contribution in [-0.2, 0) is 13.2 Å². The van der Waals surface area contributed by atoms with Crippen molar-refractivity contribution in [1.29, 1.82) is 0 Å². The molecule has 0 saturated heterocycles. The van der Waals surface area contributed by atoms with Crippen molar-refractivity contribution in [3.63, 3.8) is 0 Å². The third kappa shape index (κ3) is 5.01. The Hall–Kier alpha value is -3.48. The summed E-state index contributed by atoms with van der Waals surface area (Å²) in [6, 6.07) is 15.9. The highest BCUT2D eigenvalue weighted by Gasteiger charge is 2.09. The van der Waals surface area contributed by atoms with Gasteiger partial charge in [0.1, 0.15) is 29.5 Å². The Kier molecular flexibility index (Phi) is 5.94. The number of aromatic nitrogens is 1. The van der Waals surface area contributed by atoms with Crippen LogP contribution in [0.5, 0.6) is 17.2 Å². The quantitative estimate of drug-likeness (QED) is 0.657. The molecule has 7 heteroatoms. The number of ether oxygens (including phenoxy) is 3. The molecule has 0 aliphatic rings. The van der Waals surface area contributed by atoms with Crippen LogP contribution < -0.4 is 19.5 Å². The van der Waals surface area contributed by atoms with E-state index in [-0.39, 0.29) is 19.1 Å². The van der Waals surface area contributed by atoms with Gasteiger partial charge in [-0.05, 0) is 48.5 Å². The number of hydrogen-bond donors (Lipinski definition) is 1.